The molecule has 0 unspecified atom stereocenters. The summed E-state index contributed by atoms with van der Waals surface area (Å²) in [4.78, 5) is 21.6. The third-order valence-electron chi connectivity index (χ3n) is 1.90. The van der Waals surface area contributed by atoms with E-state index in [0.717, 1.165) is 11.1 Å². The van der Waals surface area contributed by atoms with Gasteiger partial charge in [0.25, 0.3) is 0 Å². The Kier molecular flexibility index (Phi) is 4.38. The summed E-state index contributed by atoms with van der Waals surface area (Å²) in [5.74, 6) is -1.75. The van der Waals surface area contributed by atoms with E-state index in [2.05, 4.69) is 5.10 Å². The van der Waals surface area contributed by atoms with Gasteiger partial charge in [-0.2, -0.15) is 5.10 Å². The Morgan fingerprint density at radius 3 is 2.59 bits per heavy atom. The molecule has 0 aliphatic rings. The maximum Gasteiger partial charge on any atom is 0.342 e. The molecule has 1 rings (SSSR count). The summed E-state index contributed by atoms with van der Waals surface area (Å²) in [6.07, 6.45) is 0.857. The molecule has 4 N–H and O–H groups in total. The molecule has 0 amide bonds. The predicted octanol–water partition coefficient (Wildman–Crippen LogP) is 0.750. The Bertz CT molecular complexity index is 444. The summed E-state index contributed by atoms with van der Waals surface area (Å²) in [5.41, 5.74) is 5.45. The summed E-state index contributed by atoms with van der Waals surface area (Å²) >= 11 is 1.25. The lowest BCUT2D eigenvalue weighted by Crippen LogP contribution is -2.13. The van der Waals surface area contributed by atoms with Crippen LogP contribution in [0.1, 0.15) is 23.7 Å². The molecule has 0 atom stereocenters. The van der Waals surface area contributed by atoms with E-state index in [-0.39, 0.29) is 16.4 Å². The van der Waals surface area contributed by atoms with Crippen molar-refractivity contribution in [2.24, 2.45) is 0 Å². The molecule has 7 nitrogen and oxygen atoms in total. The van der Waals surface area contributed by atoms with Gasteiger partial charge in [-0.1, -0.05) is 6.92 Å². The third kappa shape index (κ3) is 3.13. The van der Waals surface area contributed by atoms with Crippen molar-refractivity contribution in [1.82, 2.24) is 9.78 Å². The summed E-state index contributed by atoms with van der Waals surface area (Å²) in [6, 6.07) is 0. The van der Waals surface area contributed by atoms with Gasteiger partial charge in [-0.25, -0.2) is 9.48 Å². The highest BCUT2D eigenvalue weighted by Crippen LogP contribution is 2.26. The number of aromatic carboxylic acids is 1. The molecule has 0 fully saturated rings. The van der Waals surface area contributed by atoms with Crippen molar-refractivity contribution >= 4 is 29.5 Å². The Hall–Kier alpha value is -1.70. The van der Waals surface area contributed by atoms with E-state index in [1.807, 2.05) is 6.92 Å². The van der Waals surface area contributed by atoms with Crippen molar-refractivity contribution in [2.75, 3.05) is 11.5 Å². The van der Waals surface area contributed by atoms with Crippen LogP contribution in [-0.4, -0.2) is 37.7 Å². The number of nitrogens with two attached hydrogens (primary N) is 1. The quantitative estimate of drug-likeness (QED) is 0.645. The molecule has 1 heterocycles. The minimum absolute atomic E-state index is 0.121. The number of aliphatic carboxylic acids is 1. The molecule has 94 valence electrons. The minimum Gasteiger partial charge on any atom is -0.480 e. The third-order valence-corrected chi connectivity index (χ3v) is 3.07. The zero-order chi connectivity index (χ0) is 13.0. The highest BCUT2D eigenvalue weighted by molar-refractivity contribution is 7.99. The molecule has 0 aromatic carbocycles. The number of nitrogens with zero attached hydrogens (tertiary/aromatic N) is 2. The number of thioether (sulfide) groups is 1. The maximum atomic E-state index is 11.0. The van der Waals surface area contributed by atoms with Gasteiger partial charge >= 0.3 is 11.9 Å². The van der Waals surface area contributed by atoms with Gasteiger partial charge in [0.05, 0.1) is 0 Å². The largest absolute Gasteiger partial charge is 0.480 e. The van der Waals surface area contributed by atoms with Crippen molar-refractivity contribution in [3.8, 4) is 0 Å². The second-order valence-corrected chi connectivity index (χ2v) is 4.35. The van der Waals surface area contributed by atoms with Crippen LogP contribution < -0.4 is 5.73 Å². The van der Waals surface area contributed by atoms with Crippen LogP contribution in [0.5, 0.6) is 0 Å². The lowest BCUT2D eigenvalue weighted by molar-refractivity contribution is -0.137. The Morgan fingerprint density at radius 2 is 2.12 bits per heavy atom. The first-order valence-corrected chi connectivity index (χ1v) is 5.90. The highest BCUT2D eigenvalue weighted by atomic mass is 32.2. The Labute approximate surface area is 102 Å². The number of aromatic nitrogens is 2. The number of carboxylic acid groups (broad SMARTS) is 2. The van der Waals surface area contributed by atoms with Crippen LogP contribution in [0, 0.1) is 0 Å². The Morgan fingerprint density at radius 1 is 1.47 bits per heavy atom. The number of anilines is 1. The van der Waals surface area contributed by atoms with Crippen LogP contribution in [-0.2, 0) is 11.3 Å². The van der Waals surface area contributed by atoms with Crippen LogP contribution in [0.4, 0.5) is 5.82 Å². The number of nitrogen functional groups attached to an aromatic ring is 1. The fourth-order valence-electron chi connectivity index (χ4n) is 1.20. The molecule has 0 spiro atoms. The van der Waals surface area contributed by atoms with E-state index in [1.54, 1.807) is 0 Å². The number of hydrogen-bond acceptors (Lipinski definition) is 5. The first-order valence-electron chi connectivity index (χ1n) is 4.91. The Balaban J connectivity index is 3.10. The van der Waals surface area contributed by atoms with Crippen molar-refractivity contribution in [2.45, 2.75) is 24.9 Å². The smallest absolute Gasteiger partial charge is 0.342 e. The molecule has 0 bridgehead atoms. The van der Waals surface area contributed by atoms with E-state index < -0.39 is 18.5 Å². The predicted molar refractivity (Wildman–Crippen MR) is 62.2 cm³/mol. The van der Waals surface area contributed by atoms with Crippen LogP contribution in [0.2, 0.25) is 0 Å². The molecule has 1 aromatic heterocycles. The van der Waals surface area contributed by atoms with Gasteiger partial charge in [0.1, 0.15) is 23.0 Å². The van der Waals surface area contributed by atoms with Gasteiger partial charge in [0, 0.05) is 0 Å². The molecule has 0 aliphatic carbocycles. The lowest BCUT2D eigenvalue weighted by Gasteiger charge is -1.98. The maximum absolute atomic E-state index is 11.0. The first-order chi connectivity index (χ1) is 7.97. The van der Waals surface area contributed by atoms with Gasteiger partial charge < -0.3 is 15.9 Å². The summed E-state index contributed by atoms with van der Waals surface area (Å²) in [7, 11) is 0. The molecule has 0 saturated carbocycles. The molecule has 0 radical (unpaired) electrons. The summed E-state index contributed by atoms with van der Waals surface area (Å²) in [5, 5.41) is 21.8. The fraction of sp³-hybridized carbons (Fsp3) is 0.444. The topological polar surface area (TPSA) is 118 Å². The lowest BCUT2D eigenvalue weighted by atomic mass is 10.3. The number of carbonyl (C=O) groups is 2. The van der Waals surface area contributed by atoms with Gasteiger partial charge in [0.15, 0.2) is 0 Å². The molecule has 8 heteroatoms. The standard InChI is InChI=1S/C9H13N3O4S/c1-2-3-17-8-6(9(15)16)7(10)12(11-8)4-5(13)14/h2-4,10H2,1H3,(H,13,14)(H,15,16). The van der Waals surface area contributed by atoms with E-state index in [4.69, 9.17) is 15.9 Å². The van der Waals surface area contributed by atoms with Gasteiger partial charge in [0.2, 0.25) is 0 Å². The van der Waals surface area contributed by atoms with Gasteiger partial charge in [-0.05, 0) is 12.2 Å². The number of hydrogen-bond donors (Lipinski definition) is 3. The van der Waals surface area contributed by atoms with Gasteiger partial charge in [-0.3, -0.25) is 4.79 Å². The molecule has 1 aromatic rings. The first kappa shape index (κ1) is 13.4. The normalized spacial score (nSPS) is 10.4. The molecule has 0 aliphatic heterocycles. The van der Waals surface area contributed by atoms with E-state index in [9.17, 15) is 9.59 Å². The molecule has 0 saturated heterocycles. The van der Waals surface area contributed by atoms with Gasteiger partial charge in [-0.15, -0.1) is 11.8 Å². The minimum atomic E-state index is -1.20. The average molecular weight is 259 g/mol. The highest BCUT2D eigenvalue weighted by Gasteiger charge is 2.22. The van der Waals surface area contributed by atoms with Crippen LogP contribution in [0.15, 0.2) is 5.03 Å². The second-order valence-electron chi connectivity index (χ2n) is 3.27. The van der Waals surface area contributed by atoms with Crippen molar-refractivity contribution in [3.63, 3.8) is 0 Å². The molecular weight excluding hydrogens is 246 g/mol. The van der Waals surface area contributed by atoms with Crippen LogP contribution in [0.25, 0.3) is 0 Å². The van der Waals surface area contributed by atoms with Crippen molar-refractivity contribution < 1.29 is 19.8 Å². The molecular formula is C9H13N3O4S. The monoisotopic (exact) mass is 259 g/mol. The summed E-state index contributed by atoms with van der Waals surface area (Å²) in [6.45, 7) is 1.50. The van der Waals surface area contributed by atoms with Crippen LogP contribution in [0.3, 0.4) is 0 Å². The number of carboxylic acids is 2. The van der Waals surface area contributed by atoms with E-state index in [1.165, 1.54) is 11.8 Å². The van der Waals surface area contributed by atoms with E-state index in [0.29, 0.717) is 5.75 Å². The van der Waals surface area contributed by atoms with Crippen molar-refractivity contribution in [3.05, 3.63) is 5.56 Å². The van der Waals surface area contributed by atoms with E-state index >= 15 is 0 Å². The number of rotatable bonds is 6. The SMILES string of the molecule is CCCSc1nn(CC(=O)O)c(N)c1C(=O)O. The molecule has 17 heavy (non-hydrogen) atoms. The zero-order valence-corrected chi connectivity index (χ0v) is 10.0. The second kappa shape index (κ2) is 5.58. The fourth-order valence-corrected chi connectivity index (χ4v) is 2.09. The zero-order valence-electron chi connectivity index (χ0n) is 9.21. The average Bonchev–Trinajstić information content (AvgIpc) is 2.52. The van der Waals surface area contributed by atoms with Crippen LogP contribution >= 0.6 is 11.8 Å². The van der Waals surface area contributed by atoms with Crippen molar-refractivity contribution in [1.29, 1.82) is 0 Å². The summed E-state index contributed by atoms with van der Waals surface area (Å²) < 4.78 is 0.990.